The van der Waals surface area contributed by atoms with E-state index in [1.807, 2.05) is 19.9 Å². The van der Waals surface area contributed by atoms with Gasteiger partial charge in [0.2, 0.25) is 0 Å². The summed E-state index contributed by atoms with van der Waals surface area (Å²) < 4.78 is 16.2. The zero-order chi connectivity index (χ0) is 13.1. The van der Waals surface area contributed by atoms with Gasteiger partial charge in [-0.1, -0.05) is 11.6 Å². The summed E-state index contributed by atoms with van der Waals surface area (Å²) in [4.78, 5) is 11.8. The number of methoxy groups -OCH3 is 3. The highest BCUT2D eigenvalue weighted by atomic mass is 16.7. The smallest absolute Gasteiger partial charge is 0.197 e. The summed E-state index contributed by atoms with van der Waals surface area (Å²) in [7, 11) is 4.65. The lowest BCUT2D eigenvalue weighted by atomic mass is 9.79. The Bertz CT molecular complexity index is 339. The standard InChI is InChI=1S/C13H20O4/c1-6-9(2)11-12(15-3)10(14)7-8-13(11,16-4)17-5/h6-8,11-12H,1-5H3/b9-6-. The van der Waals surface area contributed by atoms with Crippen molar-refractivity contribution in [2.75, 3.05) is 21.3 Å². The predicted octanol–water partition coefficient (Wildman–Crippen LogP) is 1.71. The number of allylic oxidation sites excluding steroid dienone is 1. The van der Waals surface area contributed by atoms with Gasteiger partial charge in [0.15, 0.2) is 11.6 Å². The fourth-order valence-electron chi connectivity index (χ4n) is 2.23. The largest absolute Gasteiger partial charge is 0.372 e. The minimum atomic E-state index is -0.939. The maximum absolute atomic E-state index is 11.8. The molecule has 4 nitrogen and oxygen atoms in total. The highest BCUT2D eigenvalue weighted by Gasteiger charge is 2.48. The zero-order valence-electron chi connectivity index (χ0n) is 11.0. The van der Waals surface area contributed by atoms with Gasteiger partial charge in [0.25, 0.3) is 0 Å². The molecule has 0 N–H and O–H groups in total. The Labute approximate surface area is 102 Å². The predicted molar refractivity (Wildman–Crippen MR) is 64.6 cm³/mol. The van der Waals surface area contributed by atoms with Crippen molar-refractivity contribution in [3.05, 3.63) is 23.8 Å². The second-order valence-corrected chi connectivity index (χ2v) is 4.03. The first-order chi connectivity index (χ1) is 8.06. The summed E-state index contributed by atoms with van der Waals surface area (Å²) in [6.07, 6.45) is 4.48. The lowest BCUT2D eigenvalue weighted by Crippen LogP contribution is -2.52. The number of hydrogen-bond acceptors (Lipinski definition) is 4. The van der Waals surface area contributed by atoms with E-state index in [2.05, 4.69) is 0 Å². The van der Waals surface area contributed by atoms with Gasteiger partial charge in [-0.2, -0.15) is 0 Å². The van der Waals surface area contributed by atoms with Crippen LogP contribution in [-0.2, 0) is 19.0 Å². The molecule has 2 atom stereocenters. The van der Waals surface area contributed by atoms with E-state index < -0.39 is 11.9 Å². The summed E-state index contributed by atoms with van der Waals surface area (Å²) in [5.74, 6) is -1.28. The third-order valence-corrected chi connectivity index (χ3v) is 3.33. The van der Waals surface area contributed by atoms with E-state index >= 15 is 0 Å². The van der Waals surface area contributed by atoms with E-state index in [1.54, 1.807) is 20.3 Å². The molecule has 0 amide bonds. The maximum atomic E-state index is 11.8. The molecule has 0 heterocycles. The SMILES string of the molecule is C/C=C(/C)C1C(OC)C(=O)C=CC1(OC)OC. The minimum absolute atomic E-state index is 0.0663. The Hall–Kier alpha value is -0.970. The van der Waals surface area contributed by atoms with Crippen LogP contribution in [0.5, 0.6) is 0 Å². The fraction of sp³-hybridized carbons (Fsp3) is 0.615. The van der Waals surface area contributed by atoms with Crippen molar-refractivity contribution in [3.8, 4) is 0 Å². The van der Waals surface area contributed by atoms with Crippen molar-refractivity contribution >= 4 is 5.78 Å². The number of ketones is 1. The van der Waals surface area contributed by atoms with E-state index in [4.69, 9.17) is 14.2 Å². The molecule has 0 bridgehead atoms. The summed E-state index contributed by atoms with van der Waals surface area (Å²) in [6, 6.07) is 0. The molecule has 1 rings (SSSR count). The van der Waals surface area contributed by atoms with Crippen LogP contribution in [0.4, 0.5) is 0 Å². The van der Waals surface area contributed by atoms with E-state index in [-0.39, 0.29) is 11.7 Å². The van der Waals surface area contributed by atoms with Crippen molar-refractivity contribution in [2.45, 2.75) is 25.7 Å². The molecule has 17 heavy (non-hydrogen) atoms. The van der Waals surface area contributed by atoms with Crippen LogP contribution in [0.1, 0.15) is 13.8 Å². The van der Waals surface area contributed by atoms with Crippen molar-refractivity contribution in [3.63, 3.8) is 0 Å². The molecule has 0 spiro atoms. The van der Waals surface area contributed by atoms with Crippen LogP contribution in [0, 0.1) is 5.92 Å². The number of carbonyl (C=O) groups is 1. The molecule has 0 fully saturated rings. The molecule has 0 aliphatic heterocycles. The average molecular weight is 240 g/mol. The number of ether oxygens (including phenoxy) is 3. The van der Waals surface area contributed by atoms with Gasteiger partial charge in [0, 0.05) is 21.3 Å². The van der Waals surface area contributed by atoms with Gasteiger partial charge in [0.1, 0.15) is 6.10 Å². The molecule has 2 unspecified atom stereocenters. The van der Waals surface area contributed by atoms with Gasteiger partial charge >= 0.3 is 0 Å². The number of carbonyl (C=O) groups excluding carboxylic acids is 1. The van der Waals surface area contributed by atoms with Crippen LogP contribution in [0.2, 0.25) is 0 Å². The minimum Gasteiger partial charge on any atom is -0.372 e. The highest BCUT2D eigenvalue weighted by Crippen LogP contribution is 2.37. The lowest BCUT2D eigenvalue weighted by Gasteiger charge is -2.41. The average Bonchev–Trinajstić information content (AvgIpc) is 2.37. The lowest BCUT2D eigenvalue weighted by molar-refractivity contribution is -0.219. The van der Waals surface area contributed by atoms with Crippen molar-refractivity contribution in [1.29, 1.82) is 0 Å². The quantitative estimate of drug-likeness (QED) is 0.554. The van der Waals surface area contributed by atoms with Crippen LogP contribution < -0.4 is 0 Å². The summed E-state index contributed by atoms with van der Waals surface area (Å²) >= 11 is 0. The molecule has 0 saturated heterocycles. The van der Waals surface area contributed by atoms with E-state index in [0.717, 1.165) is 5.57 Å². The molecule has 96 valence electrons. The third-order valence-electron chi connectivity index (χ3n) is 3.33. The van der Waals surface area contributed by atoms with E-state index in [1.165, 1.54) is 13.2 Å². The van der Waals surface area contributed by atoms with Gasteiger partial charge in [-0.3, -0.25) is 4.79 Å². The molecule has 0 radical (unpaired) electrons. The van der Waals surface area contributed by atoms with Gasteiger partial charge in [-0.15, -0.1) is 0 Å². The molecular weight excluding hydrogens is 220 g/mol. The van der Waals surface area contributed by atoms with Gasteiger partial charge < -0.3 is 14.2 Å². The summed E-state index contributed by atoms with van der Waals surface area (Å²) in [5, 5.41) is 0. The van der Waals surface area contributed by atoms with Crippen LogP contribution in [0.25, 0.3) is 0 Å². The van der Waals surface area contributed by atoms with E-state index in [9.17, 15) is 4.79 Å². The molecule has 1 aliphatic rings. The second kappa shape index (κ2) is 5.58. The number of rotatable bonds is 4. The van der Waals surface area contributed by atoms with E-state index in [0.29, 0.717) is 0 Å². The maximum Gasteiger partial charge on any atom is 0.197 e. The van der Waals surface area contributed by atoms with Gasteiger partial charge in [0.05, 0.1) is 5.92 Å². The first-order valence-electron chi connectivity index (χ1n) is 5.55. The topological polar surface area (TPSA) is 44.8 Å². The summed E-state index contributed by atoms with van der Waals surface area (Å²) in [5.41, 5.74) is 0.998. The van der Waals surface area contributed by atoms with Crippen LogP contribution in [0.3, 0.4) is 0 Å². The Balaban J connectivity index is 3.29. The zero-order valence-corrected chi connectivity index (χ0v) is 11.0. The molecule has 0 aromatic rings. The molecule has 0 saturated carbocycles. The molecule has 1 aliphatic carbocycles. The van der Waals surface area contributed by atoms with Crippen LogP contribution in [0.15, 0.2) is 23.8 Å². The summed E-state index contributed by atoms with van der Waals surface area (Å²) in [6.45, 7) is 3.86. The normalized spacial score (nSPS) is 28.5. The first kappa shape index (κ1) is 14.1. The Morgan fingerprint density at radius 2 is 1.94 bits per heavy atom. The Morgan fingerprint density at radius 1 is 1.35 bits per heavy atom. The number of hydrogen-bond donors (Lipinski definition) is 0. The van der Waals surface area contributed by atoms with Crippen molar-refractivity contribution in [1.82, 2.24) is 0 Å². The van der Waals surface area contributed by atoms with Crippen molar-refractivity contribution in [2.24, 2.45) is 5.92 Å². The third kappa shape index (κ3) is 2.34. The highest BCUT2D eigenvalue weighted by molar-refractivity contribution is 5.95. The van der Waals surface area contributed by atoms with Crippen molar-refractivity contribution < 1.29 is 19.0 Å². The second-order valence-electron chi connectivity index (χ2n) is 4.03. The van der Waals surface area contributed by atoms with Gasteiger partial charge in [-0.25, -0.2) is 0 Å². The van der Waals surface area contributed by atoms with Gasteiger partial charge in [-0.05, 0) is 26.0 Å². The molecule has 0 aromatic heterocycles. The molecule has 0 aromatic carbocycles. The molecule has 4 heteroatoms. The first-order valence-corrected chi connectivity index (χ1v) is 5.55. The Kier molecular flexibility index (Phi) is 4.62. The molecular formula is C13H20O4. The fourth-order valence-corrected chi connectivity index (χ4v) is 2.23. The monoisotopic (exact) mass is 240 g/mol. The Morgan fingerprint density at radius 3 is 2.35 bits per heavy atom. The van der Waals surface area contributed by atoms with Crippen LogP contribution >= 0.6 is 0 Å². The van der Waals surface area contributed by atoms with Crippen LogP contribution in [-0.4, -0.2) is 39.0 Å².